The minimum Gasteiger partial charge on any atom is -0.409 e. The molecule has 1 aromatic rings. The number of benzene rings is 1. The van der Waals surface area contributed by atoms with E-state index in [0.717, 1.165) is 6.07 Å². The van der Waals surface area contributed by atoms with Gasteiger partial charge < -0.3 is 16.3 Å². The van der Waals surface area contributed by atoms with Crippen LogP contribution in [0.2, 0.25) is 5.02 Å². The van der Waals surface area contributed by atoms with Crippen LogP contribution in [0.15, 0.2) is 21.8 Å². The van der Waals surface area contributed by atoms with Crippen molar-refractivity contribution in [1.29, 1.82) is 0 Å². The monoisotopic (exact) mass is 379 g/mol. The van der Waals surface area contributed by atoms with Gasteiger partial charge in [-0.2, -0.15) is 0 Å². The molecular formula is C13H16BrClFN3O2. The molecule has 0 aromatic heterocycles. The predicted octanol–water partition coefficient (Wildman–Crippen LogP) is 3.73. The lowest BCUT2D eigenvalue weighted by Gasteiger charge is -2.29. The van der Waals surface area contributed by atoms with Crippen LogP contribution in [-0.2, 0) is 4.79 Å². The smallest absolute Gasteiger partial charge is 0.238 e. The Morgan fingerprint density at radius 1 is 1.52 bits per heavy atom. The Morgan fingerprint density at radius 2 is 2.10 bits per heavy atom. The van der Waals surface area contributed by atoms with Gasteiger partial charge in [-0.15, -0.1) is 0 Å². The molecule has 21 heavy (non-hydrogen) atoms. The molecule has 1 amide bonds. The van der Waals surface area contributed by atoms with Crippen LogP contribution in [0.3, 0.4) is 0 Å². The van der Waals surface area contributed by atoms with E-state index in [2.05, 4.69) is 26.4 Å². The average molecular weight is 381 g/mol. The summed E-state index contributed by atoms with van der Waals surface area (Å²) in [6, 6.07) is 2.27. The number of nitrogens with two attached hydrogens (primary N) is 1. The van der Waals surface area contributed by atoms with Crippen molar-refractivity contribution in [2.45, 2.75) is 26.7 Å². The molecule has 4 N–H and O–H groups in total. The summed E-state index contributed by atoms with van der Waals surface area (Å²) in [5, 5.41) is 14.5. The van der Waals surface area contributed by atoms with E-state index >= 15 is 0 Å². The van der Waals surface area contributed by atoms with Crippen molar-refractivity contribution in [3.8, 4) is 0 Å². The highest BCUT2D eigenvalue weighted by Crippen LogP contribution is 2.35. The molecule has 0 saturated heterocycles. The Kier molecular flexibility index (Phi) is 5.98. The van der Waals surface area contributed by atoms with Crippen LogP contribution in [0.4, 0.5) is 10.1 Å². The molecule has 0 radical (unpaired) electrons. The first-order chi connectivity index (χ1) is 9.82. The predicted molar refractivity (Wildman–Crippen MR) is 84.2 cm³/mol. The number of hydrogen-bond acceptors (Lipinski definition) is 3. The summed E-state index contributed by atoms with van der Waals surface area (Å²) < 4.78 is 13.5. The maximum absolute atomic E-state index is 13.2. The fraction of sp³-hybridized carbons (Fsp3) is 0.385. The van der Waals surface area contributed by atoms with Crippen LogP contribution in [0, 0.1) is 11.2 Å². The SMILES string of the molecule is CCC(CC)(C(=O)Nc1c(Cl)cc(F)cc1Br)C(N)=NO. The zero-order valence-electron chi connectivity index (χ0n) is 11.6. The van der Waals surface area contributed by atoms with Gasteiger partial charge >= 0.3 is 0 Å². The van der Waals surface area contributed by atoms with Gasteiger partial charge in [0.1, 0.15) is 11.2 Å². The van der Waals surface area contributed by atoms with Crippen LogP contribution in [0.25, 0.3) is 0 Å². The second-order valence-electron chi connectivity index (χ2n) is 4.47. The summed E-state index contributed by atoms with van der Waals surface area (Å²) in [6.45, 7) is 3.50. The fourth-order valence-electron chi connectivity index (χ4n) is 2.04. The van der Waals surface area contributed by atoms with Crippen molar-refractivity contribution >= 4 is 45.0 Å². The number of nitrogens with zero attached hydrogens (tertiary/aromatic N) is 1. The van der Waals surface area contributed by atoms with E-state index < -0.39 is 17.1 Å². The molecule has 1 rings (SSSR count). The Balaban J connectivity index is 3.21. The van der Waals surface area contributed by atoms with E-state index in [4.69, 9.17) is 22.5 Å². The Morgan fingerprint density at radius 3 is 2.52 bits per heavy atom. The maximum atomic E-state index is 13.2. The third kappa shape index (κ3) is 3.47. The fourth-order valence-corrected chi connectivity index (χ4v) is 2.94. The number of oxime groups is 1. The Labute approximate surface area is 135 Å². The number of carbonyl (C=O) groups is 1. The molecule has 116 valence electrons. The number of amides is 1. The summed E-state index contributed by atoms with van der Waals surface area (Å²) in [5.41, 5.74) is 4.74. The van der Waals surface area contributed by atoms with Crippen molar-refractivity contribution in [1.82, 2.24) is 0 Å². The molecule has 0 aliphatic rings. The largest absolute Gasteiger partial charge is 0.409 e. The van der Waals surface area contributed by atoms with Crippen molar-refractivity contribution in [3.63, 3.8) is 0 Å². The van der Waals surface area contributed by atoms with Gasteiger partial charge in [0.15, 0.2) is 5.84 Å². The van der Waals surface area contributed by atoms with Crippen LogP contribution >= 0.6 is 27.5 Å². The quantitative estimate of drug-likeness (QED) is 0.315. The highest BCUT2D eigenvalue weighted by Gasteiger charge is 2.40. The van der Waals surface area contributed by atoms with E-state index in [1.165, 1.54) is 6.07 Å². The van der Waals surface area contributed by atoms with Crippen molar-refractivity contribution in [3.05, 3.63) is 27.4 Å². The van der Waals surface area contributed by atoms with E-state index in [1.807, 2.05) is 0 Å². The number of carbonyl (C=O) groups excluding carboxylic acids is 1. The molecule has 0 bridgehead atoms. The molecule has 0 saturated carbocycles. The van der Waals surface area contributed by atoms with Gasteiger partial charge in [0.05, 0.1) is 10.7 Å². The molecule has 1 aromatic carbocycles. The first-order valence-corrected chi connectivity index (χ1v) is 7.43. The summed E-state index contributed by atoms with van der Waals surface area (Å²) in [4.78, 5) is 12.5. The zero-order valence-corrected chi connectivity index (χ0v) is 13.9. The minimum absolute atomic E-state index is 0.0517. The summed E-state index contributed by atoms with van der Waals surface area (Å²) >= 11 is 9.07. The third-order valence-corrected chi connectivity index (χ3v) is 4.41. The molecule has 0 heterocycles. The number of amidine groups is 1. The molecule has 0 aliphatic carbocycles. The van der Waals surface area contributed by atoms with Crippen LogP contribution < -0.4 is 11.1 Å². The van der Waals surface area contributed by atoms with Crippen molar-refractivity contribution in [2.24, 2.45) is 16.3 Å². The normalized spacial score (nSPS) is 12.3. The van der Waals surface area contributed by atoms with E-state index in [9.17, 15) is 9.18 Å². The lowest BCUT2D eigenvalue weighted by molar-refractivity contribution is -0.122. The van der Waals surface area contributed by atoms with Gasteiger partial charge in [-0.3, -0.25) is 4.79 Å². The number of rotatable bonds is 5. The number of nitrogens with one attached hydrogen (secondary N) is 1. The van der Waals surface area contributed by atoms with E-state index in [0.29, 0.717) is 17.3 Å². The number of halogens is 3. The average Bonchev–Trinajstić information content (AvgIpc) is 2.44. The first kappa shape index (κ1) is 17.7. The van der Waals surface area contributed by atoms with Gasteiger partial charge in [-0.25, -0.2) is 4.39 Å². The highest BCUT2D eigenvalue weighted by molar-refractivity contribution is 9.10. The molecule has 8 heteroatoms. The Hall–Kier alpha value is -1.34. The standard InChI is InChI=1S/C13H16BrClFN3O2/c1-3-13(4-2,11(17)19-21)12(20)18-10-8(14)5-7(16)6-9(10)15/h5-6,21H,3-4H2,1-2H3,(H2,17,19)(H,18,20). The van der Waals surface area contributed by atoms with Gasteiger partial charge in [0.2, 0.25) is 5.91 Å². The number of hydrogen-bond donors (Lipinski definition) is 3. The third-order valence-electron chi connectivity index (χ3n) is 3.49. The van der Waals surface area contributed by atoms with Crippen molar-refractivity contribution < 1.29 is 14.4 Å². The lowest BCUT2D eigenvalue weighted by Crippen LogP contribution is -2.46. The van der Waals surface area contributed by atoms with E-state index in [-0.39, 0.29) is 16.5 Å². The maximum Gasteiger partial charge on any atom is 0.238 e. The first-order valence-electron chi connectivity index (χ1n) is 6.26. The highest BCUT2D eigenvalue weighted by atomic mass is 79.9. The van der Waals surface area contributed by atoms with E-state index in [1.54, 1.807) is 13.8 Å². The van der Waals surface area contributed by atoms with Gasteiger partial charge in [-0.1, -0.05) is 30.6 Å². The molecule has 0 spiro atoms. The number of anilines is 1. The molecule has 0 aliphatic heterocycles. The summed E-state index contributed by atoms with van der Waals surface area (Å²) in [5.74, 6) is -1.19. The zero-order chi connectivity index (χ0) is 16.2. The molecule has 0 atom stereocenters. The van der Waals surface area contributed by atoms with Crippen LogP contribution in [0.1, 0.15) is 26.7 Å². The minimum atomic E-state index is -1.16. The molecule has 0 fully saturated rings. The molecular weight excluding hydrogens is 365 g/mol. The van der Waals surface area contributed by atoms with Crippen molar-refractivity contribution in [2.75, 3.05) is 5.32 Å². The Bertz CT molecular complexity index is 554. The van der Waals surface area contributed by atoms with Gasteiger partial charge in [0, 0.05) is 4.47 Å². The lowest BCUT2D eigenvalue weighted by atomic mass is 9.80. The van der Waals surface area contributed by atoms with Gasteiger partial charge in [0.25, 0.3) is 0 Å². The second kappa shape index (κ2) is 7.09. The topological polar surface area (TPSA) is 87.7 Å². The molecule has 0 unspecified atom stereocenters. The van der Waals surface area contributed by atoms with Gasteiger partial charge in [-0.05, 0) is 40.9 Å². The second-order valence-corrected chi connectivity index (χ2v) is 5.73. The van der Waals surface area contributed by atoms with Crippen LogP contribution in [-0.4, -0.2) is 17.0 Å². The molecule has 5 nitrogen and oxygen atoms in total. The summed E-state index contributed by atoms with van der Waals surface area (Å²) in [7, 11) is 0. The summed E-state index contributed by atoms with van der Waals surface area (Å²) in [6.07, 6.45) is 0.670. The van der Waals surface area contributed by atoms with Crippen LogP contribution in [0.5, 0.6) is 0 Å².